The van der Waals surface area contributed by atoms with Gasteiger partial charge in [-0.05, 0) is 24.6 Å². The molecule has 0 bridgehead atoms. The monoisotopic (exact) mass is 257 g/mol. The highest BCUT2D eigenvalue weighted by molar-refractivity contribution is 5.40. The number of nitrogen functional groups attached to an aromatic ring is 1. The zero-order chi connectivity index (χ0) is 13.1. The first-order valence-electron chi connectivity index (χ1n) is 6.27. The van der Waals surface area contributed by atoms with Crippen molar-refractivity contribution in [2.75, 3.05) is 12.3 Å². The van der Waals surface area contributed by atoms with Crippen LogP contribution in [-0.2, 0) is 6.42 Å². The topological polar surface area (TPSA) is 70.3 Å². The predicted molar refractivity (Wildman–Crippen MR) is 71.1 cm³/mol. The first kappa shape index (κ1) is 11.8. The quantitative estimate of drug-likeness (QED) is 0.908. The Balaban J connectivity index is 1.61. The molecular weight excluding hydrogens is 242 g/mol. The molecule has 2 N–H and O–H groups in total. The van der Waals surface area contributed by atoms with E-state index in [4.69, 9.17) is 15.2 Å². The van der Waals surface area contributed by atoms with Crippen molar-refractivity contribution >= 4 is 5.82 Å². The fourth-order valence-corrected chi connectivity index (χ4v) is 2.03. The first-order chi connectivity index (χ1) is 9.31. The number of hydrogen-bond acceptors (Lipinski definition) is 5. The van der Waals surface area contributed by atoms with E-state index in [9.17, 15) is 0 Å². The van der Waals surface area contributed by atoms with Gasteiger partial charge in [0.1, 0.15) is 24.4 Å². The van der Waals surface area contributed by atoms with Gasteiger partial charge in [0.25, 0.3) is 0 Å². The molecular formula is C14H15N3O2. The lowest BCUT2D eigenvalue weighted by atomic mass is 10.1. The van der Waals surface area contributed by atoms with Crippen LogP contribution in [0, 0.1) is 0 Å². The van der Waals surface area contributed by atoms with Gasteiger partial charge in [-0.15, -0.1) is 0 Å². The Bertz CT molecular complexity index is 574. The SMILES string of the molecule is Nc1ccnc(CCC2COc3ccccc3O2)n1. The van der Waals surface area contributed by atoms with Crippen LogP contribution in [0.2, 0.25) is 0 Å². The van der Waals surface area contributed by atoms with E-state index in [1.165, 1.54) is 0 Å². The van der Waals surface area contributed by atoms with E-state index < -0.39 is 0 Å². The molecule has 1 atom stereocenters. The summed E-state index contributed by atoms with van der Waals surface area (Å²) < 4.78 is 11.5. The number of fused-ring (bicyclic) bond motifs is 1. The number of ether oxygens (including phenoxy) is 2. The first-order valence-corrected chi connectivity index (χ1v) is 6.27. The Morgan fingerprint density at radius 1 is 1.21 bits per heavy atom. The normalized spacial score (nSPS) is 17.2. The Morgan fingerprint density at radius 3 is 2.89 bits per heavy atom. The van der Waals surface area contributed by atoms with Gasteiger partial charge in [-0.3, -0.25) is 0 Å². The highest BCUT2D eigenvalue weighted by atomic mass is 16.6. The number of hydrogen-bond donors (Lipinski definition) is 1. The summed E-state index contributed by atoms with van der Waals surface area (Å²) in [5, 5.41) is 0. The smallest absolute Gasteiger partial charge is 0.161 e. The van der Waals surface area contributed by atoms with Gasteiger partial charge in [0.05, 0.1) is 0 Å². The van der Waals surface area contributed by atoms with Crippen molar-refractivity contribution in [2.24, 2.45) is 0 Å². The number of para-hydroxylation sites is 2. The molecule has 3 rings (SSSR count). The van der Waals surface area contributed by atoms with Gasteiger partial charge in [0, 0.05) is 12.6 Å². The highest BCUT2D eigenvalue weighted by Gasteiger charge is 2.20. The lowest BCUT2D eigenvalue weighted by Crippen LogP contribution is -2.29. The molecule has 2 heterocycles. The second kappa shape index (κ2) is 5.14. The molecule has 1 aliphatic rings. The van der Waals surface area contributed by atoms with E-state index >= 15 is 0 Å². The standard InChI is InChI=1S/C14H15N3O2/c15-13-7-8-16-14(17-13)6-5-10-9-18-11-3-1-2-4-12(11)19-10/h1-4,7-8,10H,5-6,9H2,(H2,15,16,17). The summed E-state index contributed by atoms with van der Waals surface area (Å²) >= 11 is 0. The van der Waals surface area contributed by atoms with Crippen LogP contribution in [0.4, 0.5) is 5.82 Å². The van der Waals surface area contributed by atoms with Gasteiger partial charge in [0.15, 0.2) is 11.5 Å². The minimum atomic E-state index is 0.0277. The van der Waals surface area contributed by atoms with Gasteiger partial charge >= 0.3 is 0 Å². The van der Waals surface area contributed by atoms with Gasteiger partial charge in [-0.1, -0.05) is 12.1 Å². The number of aryl methyl sites for hydroxylation is 1. The Hall–Kier alpha value is -2.30. The van der Waals surface area contributed by atoms with Crippen LogP contribution in [-0.4, -0.2) is 22.7 Å². The van der Waals surface area contributed by atoms with Crippen LogP contribution in [0.1, 0.15) is 12.2 Å². The number of rotatable bonds is 3. The molecule has 0 saturated heterocycles. The molecule has 1 aliphatic heterocycles. The van der Waals surface area contributed by atoms with Crippen molar-refractivity contribution < 1.29 is 9.47 Å². The number of nitrogens with zero attached hydrogens (tertiary/aromatic N) is 2. The molecule has 1 aromatic heterocycles. The van der Waals surface area contributed by atoms with E-state index in [2.05, 4.69) is 9.97 Å². The Kier molecular flexibility index (Phi) is 3.18. The van der Waals surface area contributed by atoms with Crippen LogP contribution in [0.5, 0.6) is 11.5 Å². The van der Waals surface area contributed by atoms with Crippen molar-refractivity contribution in [3.8, 4) is 11.5 Å². The molecule has 5 heteroatoms. The third-order valence-corrected chi connectivity index (χ3v) is 2.98. The van der Waals surface area contributed by atoms with E-state index in [1.807, 2.05) is 24.3 Å². The summed E-state index contributed by atoms with van der Waals surface area (Å²) in [4.78, 5) is 8.35. The van der Waals surface area contributed by atoms with Crippen molar-refractivity contribution in [3.05, 3.63) is 42.4 Å². The fourth-order valence-electron chi connectivity index (χ4n) is 2.03. The van der Waals surface area contributed by atoms with Crippen LogP contribution < -0.4 is 15.2 Å². The fraction of sp³-hybridized carbons (Fsp3) is 0.286. The molecule has 0 amide bonds. The maximum absolute atomic E-state index is 5.87. The third kappa shape index (κ3) is 2.76. The molecule has 19 heavy (non-hydrogen) atoms. The molecule has 0 fully saturated rings. The van der Waals surface area contributed by atoms with Crippen LogP contribution in [0.25, 0.3) is 0 Å². The molecule has 2 aromatic rings. The van der Waals surface area contributed by atoms with Gasteiger partial charge < -0.3 is 15.2 Å². The largest absolute Gasteiger partial charge is 0.486 e. The van der Waals surface area contributed by atoms with Crippen molar-refractivity contribution in [1.82, 2.24) is 9.97 Å². The van der Waals surface area contributed by atoms with Gasteiger partial charge in [-0.2, -0.15) is 0 Å². The Morgan fingerprint density at radius 2 is 2.05 bits per heavy atom. The second-order valence-electron chi connectivity index (χ2n) is 4.43. The molecule has 0 aliphatic carbocycles. The van der Waals surface area contributed by atoms with E-state index in [0.717, 1.165) is 30.2 Å². The lowest BCUT2D eigenvalue weighted by molar-refractivity contribution is 0.0847. The molecule has 1 unspecified atom stereocenters. The Labute approximate surface area is 111 Å². The summed E-state index contributed by atoms with van der Waals surface area (Å²) in [6.45, 7) is 0.555. The summed E-state index contributed by atoms with van der Waals surface area (Å²) in [7, 11) is 0. The summed E-state index contributed by atoms with van der Waals surface area (Å²) in [5.74, 6) is 2.84. The minimum absolute atomic E-state index is 0.0277. The summed E-state index contributed by atoms with van der Waals surface area (Å²) in [6.07, 6.45) is 3.23. The molecule has 0 saturated carbocycles. The minimum Gasteiger partial charge on any atom is -0.486 e. The highest BCUT2D eigenvalue weighted by Crippen LogP contribution is 2.31. The molecule has 0 spiro atoms. The van der Waals surface area contributed by atoms with Crippen molar-refractivity contribution in [1.29, 1.82) is 0 Å². The molecule has 98 valence electrons. The number of aromatic nitrogens is 2. The van der Waals surface area contributed by atoms with E-state index in [-0.39, 0.29) is 6.10 Å². The second-order valence-corrected chi connectivity index (χ2v) is 4.43. The van der Waals surface area contributed by atoms with E-state index in [0.29, 0.717) is 12.4 Å². The lowest BCUT2D eigenvalue weighted by Gasteiger charge is -2.26. The number of benzene rings is 1. The zero-order valence-electron chi connectivity index (χ0n) is 10.5. The predicted octanol–water partition coefficient (Wildman–Crippen LogP) is 1.83. The average molecular weight is 257 g/mol. The third-order valence-electron chi connectivity index (χ3n) is 2.98. The van der Waals surface area contributed by atoms with Crippen molar-refractivity contribution in [3.63, 3.8) is 0 Å². The maximum atomic E-state index is 5.87. The van der Waals surface area contributed by atoms with E-state index in [1.54, 1.807) is 12.3 Å². The molecule has 0 radical (unpaired) electrons. The number of nitrogens with two attached hydrogens (primary N) is 1. The van der Waals surface area contributed by atoms with Crippen LogP contribution in [0.15, 0.2) is 36.5 Å². The van der Waals surface area contributed by atoms with Crippen LogP contribution >= 0.6 is 0 Å². The molecule has 1 aromatic carbocycles. The molecule has 5 nitrogen and oxygen atoms in total. The number of anilines is 1. The van der Waals surface area contributed by atoms with Gasteiger partial charge in [0.2, 0.25) is 0 Å². The van der Waals surface area contributed by atoms with Crippen LogP contribution in [0.3, 0.4) is 0 Å². The average Bonchev–Trinajstić information content (AvgIpc) is 2.45. The summed E-state index contributed by atoms with van der Waals surface area (Å²) in [6, 6.07) is 9.37. The van der Waals surface area contributed by atoms with Crippen molar-refractivity contribution in [2.45, 2.75) is 18.9 Å². The maximum Gasteiger partial charge on any atom is 0.161 e. The summed E-state index contributed by atoms with van der Waals surface area (Å²) in [5.41, 5.74) is 5.62. The van der Waals surface area contributed by atoms with Gasteiger partial charge in [-0.25, -0.2) is 9.97 Å². The zero-order valence-corrected chi connectivity index (χ0v) is 10.5.